The lowest BCUT2D eigenvalue weighted by Crippen LogP contribution is -1.97. The van der Waals surface area contributed by atoms with E-state index >= 15 is 0 Å². The van der Waals surface area contributed by atoms with Crippen molar-refractivity contribution in [2.45, 2.75) is 6.92 Å². The van der Waals surface area contributed by atoms with E-state index in [1.54, 1.807) is 6.07 Å². The Balaban J connectivity index is 2.77. The normalized spacial score (nSPS) is 10.5. The summed E-state index contributed by atoms with van der Waals surface area (Å²) in [6.45, 7) is 2.80. The molecular formula is C12H12BrNO. The minimum atomic E-state index is 0.280. The summed E-state index contributed by atoms with van der Waals surface area (Å²) in [5.41, 5.74) is 0.802. The maximum atomic E-state index is 9.83. The van der Waals surface area contributed by atoms with Crippen LogP contribution in [0.3, 0.4) is 0 Å². The molecule has 0 aromatic heterocycles. The Kier molecular flexibility index (Phi) is 2.82. The lowest BCUT2D eigenvalue weighted by molar-refractivity contribution is 0.477. The van der Waals surface area contributed by atoms with Gasteiger partial charge in [-0.25, -0.2) is 0 Å². The van der Waals surface area contributed by atoms with Gasteiger partial charge in [-0.15, -0.1) is 0 Å². The molecule has 15 heavy (non-hydrogen) atoms. The van der Waals surface area contributed by atoms with Crippen LogP contribution in [0.4, 0.5) is 5.69 Å². The van der Waals surface area contributed by atoms with Crippen molar-refractivity contribution in [3.63, 3.8) is 0 Å². The van der Waals surface area contributed by atoms with Gasteiger partial charge in [0, 0.05) is 16.4 Å². The van der Waals surface area contributed by atoms with Crippen LogP contribution in [0.15, 0.2) is 34.8 Å². The second-order valence-electron chi connectivity index (χ2n) is 3.33. The number of aromatic hydroxyl groups is 1. The van der Waals surface area contributed by atoms with Crippen molar-refractivity contribution >= 4 is 32.4 Å². The molecule has 3 heteroatoms. The number of phenolic OH excluding ortho intramolecular Hbond substituents is 1. The number of nitrogens with one attached hydrogen (secondary N) is 1. The fraction of sp³-hybridized carbons (Fsp3) is 0.167. The van der Waals surface area contributed by atoms with Crippen LogP contribution in [0, 0.1) is 0 Å². The largest absolute Gasteiger partial charge is 0.506 e. The maximum Gasteiger partial charge on any atom is 0.140 e. The maximum absolute atomic E-state index is 9.83. The van der Waals surface area contributed by atoms with Crippen LogP contribution >= 0.6 is 15.9 Å². The first-order chi connectivity index (χ1) is 7.24. The molecule has 2 nitrogen and oxygen atoms in total. The second-order valence-corrected chi connectivity index (χ2v) is 4.18. The second kappa shape index (κ2) is 4.11. The van der Waals surface area contributed by atoms with Crippen LogP contribution in [0.2, 0.25) is 0 Å². The van der Waals surface area contributed by atoms with Gasteiger partial charge in [0.05, 0.1) is 5.69 Å². The number of fused-ring (bicyclic) bond motifs is 1. The van der Waals surface area contributed by atoms with Gasteiger partial charge in [-0.3, -0.25) is 0 Å². The van der Waals surface area contributed by atoms with Crippen molar-refractivity contribution in [2.75, 3.05) is 11.9 Å². The van der Waals surface area contributed by atoms with Crippen molar-refractivity contribution in [1.29, 1.82) is 0 Å². The molecule has 2 aromatic carbocycles. The molecule has 2 N–H and O–H groups in total. The monoisotopic (exact) mass is 265 g/mol. The zero-order valence-electron chi connectivity index (χ0n) is 8.42. The molecule has 2 aromatic rings. The third kappa shape index (κ3) is 1.79. The predicted molar refractivity (Wildman–Crippen MR) is 67.5 cm³/mol. The van der Waals surface area contributed by atoms with E-state index in [9.17, 15) is 5.11 Å². The molecule has 0 radical (unpaired) electrons. The van der Waals surface area contributed by atoms with Gasteiger partial charge in [-0.05, 0) is 18.4 Å². The number of hydrogen-bond acceptors (Lipinski definition) is 2. The molecule has 0 amide bonds. The van der Waals surface area contributed by atoms with Crippen molar-refractivity contribution in [2.24, 2.45) is 0 Å². The lowest BCUT2D eigenvalue weighted by atomic mass is 10.1. The summed E-state index contributed by atoms with van der Waals surface area (Å²) in [5.74, 6) is 0.280. The first-order valence-electron chi connectivity index (χ1n) is 4.88. The van der Waals surface area contributed by atoms with Gasteiger partial charge in [0.2, 0.25) is 0 Å². The van der Waals surface area contributed by atoms with Gasteiger partial charge in [0.1, 0.15) is 5.75 Å². The predicted octanol–water partition coefficient (Wildman–Crippen LogP) is 3.74. The van der Waals surface area contributed by atoms with E-state index in [1.807, 2.05) is 31.2 Å². The quantitative estimate of drug-likeness (QED) is 0.811. The van der Waals surface area contributed by atoms with Gasteiger partial charge in [0.15, 0.2) is 0 Å². The van der Waals surface area contributed by atoms with E-state index in [2.05, 4.69) is 21.2 Å². The highest BCUT2D eigenvalue weighted by atomic mass is 79.9. The third-order valence-electron chi connectivity index (χ3n) is 2.33. The highest BCUT2D eigenvalue weighted by Crippen LogP contribution is 2.37. The number of benzene rings is 2. The molecule has 0 atom stereocenters. The summed E-state index contributed by atoms with van der Waals surface area (Å²) in [4.78, 5) is 0. The molecule has 0 aliphatic heterocycles. The van der Waals surface area contributed by atoms with E-state index in [1.165, 1.54) is 0 Å². The molecule has 78 valence electrons. The van der Waals surface area contributed by atoms with Crippen LogP contribution in [0.25, 0.3) is 10.8 Å². The topological polar surface area (TPSA) is 32.3 Å². The Morgan fingerprint density at radius 3 is 2.60 bits per heavy atom. The summed E-state index contributed by atoms with van der Waals surface area (Å²) in [7, 11) is 0. The average molecular weight is 266 g/mol. The molecule has 0 unspecified atom stereocenters. The summed E-state index contributed by atoms with van der Waals surface area (Å²) in [6.07, 6.45) is 0. The number of anilines is 1. The Hall–Kier alpha value is -1.22. The molecule has 0 bridgehead atoms. The number of halogens is 1. The molecule has 0 fully saturated rings. The van der Waals surface area contributed by atoms with Gasteiger partial charge in [-0.1, -0.05) is 40.2 Å². The summed E-state index contributed by atoms with van der Waals surface area (Å²) in [5, 5.41) is 15.1. The van der Waals surface area contributed by atoms with Crippen molar-refractivity contribution < 1.29 is 5.11 Å². The summed E-state index contributed by atoms with van der Waals surface area (Å²) in [6, 6.07) is 9.70. The SMILES string of the molecule is CCNc1c(O)cc(Br)c2ccccc12. The van der Waals surface area contributed by atoms with Gasteiger partial charge in [0.25, 0.3) is 0 Å². The van der Waals surface area contributed by atoms with Crippen molar-refractivity contribution in [1.82, 2.24) is 0 Å². The molecule has 2 rings (SSSR count). The Labute approximate surface area is 97.1 Å². The van der Waals surface area contributed by atoms with E-state index in [-0.39, 0.29) is 5.75 Å². The van der Waals surface area contributed by atoms with Gasteiger partial charge >= 0.3 is 0 Å². The lowest BCUT2D eigenvalue weighted by Gasteiger charge is -2.11. The van der Waals surface area contributed by atoms with Crippen LogP contribution in [0.5, 0.6) is 5.75 Å². The first kappa shape index (κ1) is 10.3. The van der Waals surface area contributed by atoms with Gasteiger partial charge in [-0.2, -0.15) is 0 Å². The Bertz CT molecular complexity index is 496. The third-order valence-corrected chi connectivity index (χ3v) is 2.98. The molecule has 0 saturated heterocycles. The fourth-order valence-corrected chi connectivity index (χ4v) is 2.24. The number of rotatable bonds is 2. The number of hydrogen-bond donors (Lipinski definition) is 2. The highest BCUT2D eigenvalue weighted by Gasteiger charge is 2.08. The summed E-state index contributed by atoms with van der Waals surface area (Å²) < 4.78 is 0.914. The Morgan fingerprint density at radius 1 is 1.27 bits per heavy atom. The minimum Gasteiger partial charge on any atom is -0.506 e. The minimum absolute atomic E-state index is 0.280. The zero-order valence-corrected chi connectivity index (χ0v) is 10.0. The molecule has 0 aliphatic carbocycles. The van der Waals surface area contributed by atoms with E-state index in [0.717, 1.165) is 27.5 Å². The van der Waals surface area contributed by atoms with Crippen LogP contribution in [0.1, 0.15) is 6.92 Å². The smallest absolute Gasteiger partial charge is 0.140 e. The highest BCUT2D eigenvalue weighted by molar-refractivity contribution is 9.10. The van der Waals surface area contributed by atoms with E-state index in [0.29, 0.717) is 0 Å². The standard InChI is InChI=1S/C12H12BrNO/c1-2-14-12-9-6-4-3-5-8(9)10(13)7-11(12)15/h3-7,14-15H,2H2,1H3. The molecule has 0 aliphatic rings. The average Bonchev–Trinajstić information content (AvgIpc) is 2.24. The van der Waals surface area contributed by atoms with Crippen LogP contribution in [-0.4, -0.2) is 11.7 Å². The fourth-order valence-electron chi connectivity index (χ4n) is 1.68. The first-order valence-corrected chi connectivity index (χ1v) is 5.67. The van der Waals surface area contributed by atoms with Crippen LogP contribution < -0.4 is 5.32 Å². The van der Waals surface area contributed by atoms with Gasteiger partial charge < -0.3 is 10.4 Å². The molecule has 0 spiro atoms. The van der Waals surface area contributed by atoms with E-state index in [4.69, 9.17) is 0 Å². The molecular weight excluding hydrogens is 254 g/mol. The van der Waals surface area contributed by atoms with Crippen LogP contribution in [-0.2, 0) is 0 Å². The van der Waals surface area contributed by atoms with Crippen molar-refractivity contribution in [3.05, 3.63) is 34.8 Å². The Morgan fingerprint density at radius 2 is 1.93 bits per heavy atom. The zero-order chi connectivity index (χ0) is 10.8. The van der Waals surface area contributed by atoms with Crippen molar-refractivity contribution in [3.8, 4) is 5.75 Å². The van der Waals surface area contributed by atoms with E-state index < -0.39 is 0 Å². The molecule has 0 heterocycles. The number of phenols is 1. The molecule has 0 saturated carbocycles. The summed E-state index contributed by atoms with van der Waals surface area (Å²) >= 11 is 3.45.